The number of nitro groups is 1. The molecule has 8 heteroatoms. The minimum absolute atomic E-state index is 0.0249. The minimum atomic E-state index is -0.486. The van der Waals surface area contributed by atoms with Crippen LogP contribution in [0.5, 0.6) is 0 Å². The predicted octanol–water partition coefficient (Wildman–Crippen LogP) is 0.483. The van der Waals surface area contributed by atoms with Crippen LogP contribution in [0.2, 0.25) is 0 Å². The summed E-state index contributed by atoms with van der Waals surface area (Å²) in [6, 6.07) is 0. The molecule has 1 aliphatic heterocycles. The summed E-state index contributed by atoms with van der Waals surface area (Å²) in [5.41, 5.74) is 5.72. The molecule has 1 saturated heterocycles. The summed E-state index contributed by atoms with van der Waals surface area (Å²) in [4.78, 5) is 20.3. The third-order valence-electron chi connectivity index (χ3n) is 3.40. The average molecular weight is 267 g/mol. The van der Waals surface area contributed by atoms with Gasteiger partial charge < -0.3 is 15.7 Å². The Morgan fingerprint density at radius 3 is 2.79 bits per heavy atom. The molecular formula is C11H17N5O3. The molecule has 2 rings (SSSR count). The molecular weight excluding hydrogens is 250 g/mol. The van der Waals surface area contributed by atoms with E-state index in [2.05, 4.69) is 9.97 Å². The van der Waals surface area contributed by atoms with Crippen LogP contribution in [0.25, 0.3) is 0 Å². The zero-order valence-corrected chi connectivity index (χ0v) is 10.9. The smallest absolute Gasteiger partial charge is 0.332 e. The number of rotatable bonds is 2. The Morgan fingerprint density at radius 1 is 1.53 bits per heavy atom. The van der Waals surface area contributed by atoms with Gasteiger partial charge in [0, 0.05) is 13.1 Å². The highest BCUT2D eigenvalue weighted by atomic mass is 16.6. The van der Waals surface area contributed by atoms with Crippen molar-refractivity contribution in [1.82, 2.24) is 9.97 Å². The van der Waals surface area contributed by atoms with Crippen LogP contribution in [0, 0.1) is 23.0 Å². The van der Waals surface area contributed by atoms with E-state index >= 15 is 0 Å². The normalized spacial score (nSPS) is 23.4. The number of anilines is 2. The van der Waals surface area contributed by atoms with Crippen molar-refractivity contribution in [1.29, 1.82) is 0 Å². The van der Waals surface area contributed by atoms with Gasteiger partial charge in [0.05, 0.1) is 11.0 Å². The number of aromatic nitrogens is 2. The van der Waals surface area contributed by atoms with Crippen molar-refractivity contribution in [3.8, 4) is 0 Å². The molecule has 0 spiro atoms. The number of nitrogens with two attached hydrogens (primary N) is 1. The van der Waals surface area contributed by atoms with E-state index in [4.69, 9.17) is 5.73 Å². The second-order valence-electron chi connectivity index (χ2n) is 4.88. The molecule has 0 saturated carbocycles. The molecule has 19 heavy (non-hydrogen) atoms. The molecule has 1 aromatic heterocycles. The quantitative estimate of drug-likeness (QED) is 0.591. The van der Waals surface area contributed by atoms with Gasteiger partial charge in [0.25, 0.3) is 0 Å². The zero-order valence-electron chi connectivity index (χ0n) is 10.9. The van der Waals surface area contributed by atoms with E-state index in [9.17, 15) is 15.2 Å². The molecule has 2 atom stereocenters. The second kappa shape index (κ2) is 4.96. The van der Waals surface area contributed by atoms with E-state index in [-0.39, 0.29) is 35.2 Å². The van der Waals surface area contributed by atoms with Gasteiger partial charge in [-0.3, -0.25) is 10.1 Å². The first-order chi connectivity index (χ1) is 8.90. The molecule has 2 heterocycles. The molecule has 0 amide bonds. The number of nitrogens with zero attached hydrogens (tertiary/aromatic N) is 4. The summed E-state index contributed by atoms with van der Waals surface area (Å²) >= 11 is 0. The van der Waals surface area contributed by atoms with Crippen LogP contribution in [-0.2, 0) is 0 Å². The topological polar surface area (TPSA) is 118 Å². The van der Waals surface area contributed by atoms with Crippen LogP contribution in [-0.4, -0.2) is 39.2 Å². The van der Waals surface area contributed by atoms with Crippen LogP contribution in [0.15, 0.2) is 0 Å². The summed E-state index contributed by atoms with van der Waals surface area (Å²) < 4.78 is 0. The third kappa shape index (κ3) is 2.58. The fourth-order valence-corrected chi connectivity index (χ4v) is 2.33. The first-order valence-electron chi connectivity index (χ1n) is 6.11. The SMILES string of the molecule is Cc1nc(N)nc(N2CCC(O)C(C)C2)c1[N+](=O)[O-]. The standard InChI is InChI=1S/C11H17N5O3/c1-6-5-15(4-3-8(6)17)10-9(16(18)19)7(2)13-11(12)14-10/h6,8,17H,3-5H2,1-2H3,(H2,12,13,14). The minimum Gasteiger partial charge on any atom is -0.393 e. The van der Waals surface area contributed by atoms with Gasteiger partial charge in [-0.05, 0) is 19.3 Å². The highest BCUT2D eigenvalue weighted by Gasteiger charge is 2.31. The highest BCUT2D eigenvalue weighted by Crippen LogP contribution is 2.32. The van der Waals surface area contributed by atoms with Crippen LogP contribution in [0.1, 0.15) is 19.0 Å². The van der Waals surface area contributed by atoms with Crippen molar-refractivity contribution < 1.29 is 10.0 Å². The lowest BCUT2D eigenvalue weighted by Gasteiger charge is -2.34. The predicted molar refractivity (Wildman–Crippen MR) is 69.8 cm³/mol. The number of piperidine rings is 1. The van der Waals surface area contributed by atoms with E-state index in [0.29, 0.717) is 19.5 Å². The van der Waals surface area contributed by atoms with Crippen LogP contribution < -0.4 is 10.6 Å². The molecule has 2 unspecified atom stereocenters. The maximum Gasteiger partial charge on any atom is 0.332 e. The van der Waals surface area contributed by atoms with Gasteiger partial charge in [-0.2, -0.15) is 4.98 Å². The number of aryl methyl sites for hydroxylation is 1. The van der Waals surface area contributed by atoms with Gasteiger partial charge in [-0.15, -0.1) is 0 Å². The Hall–Kier alpha value is -1.96. The Labute approximate surface area is 110 Å². The molecule has 1 aromatic rings. The first kappa shape index (κ1) is 13.5. The Balaban J connectivity index is 2.41. The van der Waals surface area contributed by atoms with Gasteiger partial charge in [-0.1, -0.05) is 6.92 Å². The lowest BCUT2D eigenvalue weighted by Crippen LogP contribution is -2.42. The fourth-order valence-electron chi connectivity index (χ4n) is 2.33. The largest absolute Gasteiger partial charge is 0.393 e. The average Bonchev–Trinajstić information content (AvgIpc) is 2.31. The van der Waals surface area contributed by atoms with Crippen molar-refractivity contribution in [2.45, 2.75) is 26.4 Å². The van der Waals surface area contributed by atoms with Crippen molar-refractivity contribution >= 4 is 17.5 Å². The number of hydrogen-bond donors (Lipinski definition) is 2. The first-order valence-corrected chi connectivity index (χ1v) is 6.11. The Kier molecular flexibility index (Phi) is 3.52. The van der Waals surface area contributed by atoms with Crippen LogP contribution in [0.3, 0.4) is 0 Å². The summed E-state index contributed by atoms with van der Waals surface area (Å²) in [5.74, 6) is 0.301. The summed E-state index contributed by atoms with van der Waals surface area (Å²) in [6.07, 6.45) is 0.178. The van der Waals surface area contributed by atoms with Gasteiger partial charge in [-0.25, -0.2) is 4.98 Å². The fraction of sp³-hybridized carbons (Fsp3) is 0.636. The molecule has 0 aromatic carbocycles. The Bertz CT molecular complexity index is 507. The molecule has 0 aliphatic carbocycles. The lowest BCUT2D eigenvalue weighted by molar-refractivity contribution is -0.385. The molecule has 104 valence electrons. The number of aliphatic hydroxyl groups is 1. The lowest BCUT2D eigenvalue weighted by atomic mass is 9.97. The van der Waals surface area contributed by atoms with Gasteiger partial charge in [0.1, 0.15) is 5.69 Å². The zero-order chi connectivity index (χ0) is 14.2. The monoisotopic (exact) mass is 267 g/mol. The molecule has 8 nitrogen and oxygen atoms in total. The van der Waals surface area contributed by atoms with E-state index < -0.39 is 4.92 Å². The molecule has 3 N–H and O–H groups in total. The number of nitrogen functional groups attached to an aromatic ring is 1. The van der Waals surface area contributed by atoms with Crippen molar-refractivity contribution in [2.24, 2.45) is 5.92 Å². The summed E-state index contributed by atoms with van der Waals surface area (Å²) in [7, 11) is 0. The second-order valence-corrected chi connectivity index (χ2v) is 4.88. The van der Waals surface area contributed by atoms with E-state index in [1.807, 2.05) is 6.92 Å². The van der Waals surface area contributed by atoms with Gasteiger partial charge >= 0.3 is 5.69 Å². The van der Waals surface area contributed by atoms with E-state index in [1.165, 1.54) is 0 Å². The Morgan fingerprint density at radius 2 is 2.21 bits per heavy atom. The maximum absolute atomic E-state index is 11.2. The molecule has 0 radical (unpaired) electrons. The van der Waals surface area contributed by atoms with Crippen molar-refractivity contribution in [3.63, 3.8) is 0 Å². The molecule has 1 fully saturated rings. The number of hydrogen-bond acceptors (Lipinski definition) is 7. The van der Waals surface area contributed by atoms with E-state index in [1.54, 1.807) is 11.8 Å². The van der Waals surface area contributed by atoms with Gasteiger partial charge in [0.2, 0.25) is 11.8 Å². The number of aliphatic hydroxyl groups excluding tert-OH is 1. The van der Waals surface area contributed by atoms with Crippen molar-refractivity contribution in [3.05, 3.63) is 15.8 Å². The van der Waals surface area contributed by atoms with Crippen molar-refractivity contribution in [2.75, 3.05) is 23.7 Å². The van der Waals surface area contributed by atoms with Crippen LogP contribution in [0.4, 0.5) is 17.5 Å². The highest BCUT2D eigenvalue weighted by molar-refractivity contribution is 5.62. The summed E-state index contributed by atoms with van der Waals surface area (Å²) in [6.45, 7) is 4.47. The third-order valence-corrected chi connectivity index (χ3v) is 3.40. The molecule has 0 bridgehead atoms. The van der Waals surface area contributed by atoms with E-state index in [0.717, 1.165) is 0 Å². The maximum atomic E-state index is 11.2. The van der Waals surface area contributed by atoms with Crippen LogP contribution >= 0.6 is 0 Å². The molecule has 1 aliphatic rings. The van der Waals surface area contributed by atoms with Gasteiger partial charge in [0.15, 0.2) is 0 Å². The summed E-state index contributed by atoms with van der Waals surface area (Å²) in [5, 5.41) is 20.9.